The molecule has 0 saturated carbocycles. The predicted molar refractivity (Wildman–Crippen MR) is 52.0 cm³/mol. The number of nitriles is 1. The molecule has 0 aliphatic heterocycles. The topological polar surface area (TPSA) is 90.3 Å². The first-order chi connectivity index (χ1) is 7.47. The zero-order chi connectivity index (χ0) is 12.3. The van der Waals surface area contributed by atoms with E-state index in [1.165, 1.54) is 0 Å². The van der Waals surface area contributed by atoms with Crippen molar-refractivity contribution in [2.75, 3.05) is 5.73 Å². The van der Waals surface area contributed by atoms with Crippen LogP contribution in [0.1, 0.15) is 18.1 Å². The highest BCUT2D eigenvalue weighted by Crippen LogP contribution is 2.28. The van der Waals surface area contributed by atoms with Crippen LogP contribution < -0.4 is 5.73 Å². The van der Waals surface area contributed by atoms with Crippen molar-refractivity contribution in [2.24, 2.45) is 0 Å². The van der Waals surface area contributed by atoms with E-state index in [1.54, 1.807) is 6.07 Å². The fraction of sp³-hybridized carbons (Fsp3) is 0.300. The van der Waals surface area contributed by atoms with E-state index in [-0.39, 0.29) is 12.1 Å². The van der Waals surface area contributed by atoms with E-state index >= 15 is 0 Å². The van der Waals surface area contributed by atoms with Crippen molar-refractivity contribution in [3.8, 4) is 6.07 Å². The summed E-state index contributed by atoms with van der Waals surface area (Å²) in [6.45, 7) is 0. The molecule has 4 nitrogen and oxygen atoms in total. The second-order valence-corrected chi connectivity index (χ2v) is 3.26. The van der Waals surface area contributed by atoms with E-state index in [1.807, 2.05) is 0 Å². The maximum atomic E-state index is 13.3. The lowest BCUT2D eigenvalue weighted by Crippen LogP contribution is -2.20. The van der Waals surface area contributed by atoms with Crippen LogP contribution >= 0.6 is 0 Å². The van der Waals surface area contributed by atoms with Crippen LogP contribution in [0.3, 0.4) is 0 Å². The number of hydrogen-bond acceptors (Lipinski definition) is 4. The summed E-state index contributed by atoms with van der Waals surface area (Å²) >= 11 is 0. The quantitative estimate of drug-likeness (QED) is 0.669. The Bertz CT molecular complexity index is 408. The highest BCUT2D eigenvalue weighted by atomic mass is 19.1. The lowest BCUT2D eigenvalue weighted by Gasteiger charge is -2.18. The van der Waals surface area contributed by atoms with Crippen molar-refractivity contribution in [2.45, 2.75) is 18.6 Å². The molecule has 0 fully saturated rings. The molecule has 1 aromatic rings. The van der Waals surface area contributed by atoms with Crippen molar-refractivity contribution in [1.29, 1.82) is 5.26 Å². The Morgan fingerprint density at radius 3 is 2.50 bits per heavy atom. The molecule has 4 N–H and O–H groups in total. The van der Waals surface area contributed by atoms with E-state index in [4.69, 9.17) is 11.0 Å². The third kappa shape index (κ3) is 2.45. The first kappa shape index (κ1) is 12.4. The van der Waals surface area contributed by atoms with Gasteiger partial charge >= 0.3 is 0 Å². The number of benzene rings is 1. The van der Waals surface area contributed by atoms with Crippen LogP contribution in [0.5, 0.6) is 0 Å². The molecular formula is C10H10F2N2O2. The molecular weight excluding hydrogens is 218 g/mol. The molecule has 6 heteroatoms. The summed E-state index contributed by atoms with van der Waals surface area (Å²) in [5.41, 5.74) is 4.62. The van der Waals surface area contributed by atoms with E-state index in [0.29, 0.717) is 6.07 Å². The summed E-state index contributed by atoms with van der Waals surface area (Å²) in [5, 5.41) is 27.1. The van der Waals surface area contributed by atoms with Gasteiger partial charge < -0.3 is 15.9 Å². The van der Waals surface area contributed by atoms with E-state index in [2.05, 4.69) is 0 Å². The molecule has 2 atom stereocenters. The highest BCUT2D eigenvalue weighted by molar-refractivity contribution is 5.49. The van der Waals surface area contributed by atoms with Crippen LogP contribution in [0, 0.1) is 23.0 Å². The van der Waals surface area contributed by atoms with Gasteiger partial charge in [0.15, 0.2) is 0 Å². The Kier molecular flexibility index (Phi) is 3.77. The lowest BCUT2D eigenvalue weighted by atomic mass is 10.00. The van der Waals surface area contributed by atoms with Crippen LogP contribution in [-0.2, 0) is 0 Å². The molecule has 0 amide bonds. The Morgan fingerprint density at radius 2 is 2.00 bits per heavy atom. The van der Waals surface area contributed by atoms with Gasteiger partial charge in [0.25, 0.3) is 0 Å². The molecule has 0 saturated heterocycles. The van der Waals surface area contributed by atoms with Gasteiger partial charge in [-0.15, -0.1) is 0 Å². The fourth-order valence-corrected chi connectivity index (χ4v) is 1.31. The molecule has 0 radical (unpaired) electrons. The summed E-state index contributed by atoms with van der Waals surface area (Å²) in [4.78, 5) is 0. The molecule has 0 heterocycles. The average Bonchev–Trinajstić information content (AvgIpc) is 2.16. The number of nitrogens with zero attached hydrogens (tertiary/aromatic N) is 1. The van der Waals surface area contributed by atoms with Crippen LogP contribution in [0.4, 0.5) is 14.5 Å². The standard InChI is InChI=1S/C10H10F2N2O2/c11-5-3-6(12)9(7(14)4-5)10(16)8(15)1-2-13/h3-4,8,10,15-16H,1,14H2. The summed E-state index contributed by atoms with van der Waals surface area (Å²) in [5.74, 6) is -1.93. The van der Waals surface area contributed by atoms with Gasteiger partial charge in [-0.2, -0.15) is 5.26 Å². The molecule has 1 aromatic carbocycles. The maximum Gasteiger partial charge on any atom is 0.134 e. The van der Waals surface area contributed by atoms with Crippen molar-refractivity contribution < 1.29 is 19.0 Å². The number of halogens is 2. The molecule has 16 heavy (non-hydrogen) atoms. The van der Waals surface area contributed by atoms with Crippen molar-refractivity contribution >= 4 is 5.69 Å². The number of aliphatic hydroxyl groups excluding tert-OH is 2. The molecule has 2 unspecified atom stereocenters. The third-order valence-corrected chi connectivity index (χ3v) is 2.09. The number of nitrogen functional groups attached to an aromatic ring is 1. The molecule has 1 rings (SSSR count). The van der Waals surface area contributed by atoms with Gasteiger partial charge in [0.2, 0.25) is 0 Å². The van der Waals surface area contributed by atoms with Gasteiger partial charge in [0.05, 0.1) is 18.6 Å². The van der Waals surface area contributed by atoms with Gasteiger partial charge in [-0.25, -0.2) is 8.78 Å². The van der Waals surface area contributed by atoms with Crippen LogP contribution in [0.25, 0.3) is 0 Å². The summed E-state index contributed by atoms with van der Waals surface area (Å²) < 4.78 is 26.0. The molecule has 0 aromatic heterocycles. The number of anilines is 1. The minimum Gasteiger partial charge on any atom is -0.398 e. The SMILES string of the molecule is N#CCC(O)C(O)c1c(N)cc(F)cc1F. The third-order valence-electron chi connectivity index (χ3n) is 2.09. The minimum atomic E-state index is -1.65. The molecule has 86 valence electrons. The van der Waals surface area contributed by atoms with Crippen LogP contribution in [0.2, 0.25) is 0 Å². The zero-order valence-electron chi connectivity index (χ0n) is 8.19. The Hall–Kier alpha value is -1.71. The first-order valence-corrected chi connectivity index (χ1v) is 4.45. The number of hydrogen-bond donors (Lipinski definition) is 3. The normalized spacial score (nSPS) is 14.2. The summed E-state index contributed by atoms with van der Waals surface area (Å²) in [7, 11) is 0. The Balaban J connectivity index is 3.09. The molecule has 0 bridgehead atoms. The first-order valence-electron chi connectivity index (χ1n) is 4.45. The fourth-order valence-electron chi connectivity index (χ4n) is 1.31. The summed E-state index contributed by atoms with van der Waals surface area (Å²) in [6, 6.07) is 3.00. The minimum absolute atomic E-state index is 0.304. The van der Waals surface area contributed by atoms with Gasteiger partial charge in [-0.3, -0.25) is 0 Å². The van der Waals surface area contributed by atoms with Crippen LogP contribution in [-0.4, -0.2) is 16.3 Å². The molecule has 0 aliphatic carbocycles. The van der Waals surface area contributed by atoms with E-state index in [9.17, 15) is 19.0 Å². The zero-order valence-corrected chi connectivity index (χ0v) is 8.19. The molecule has 0 aliphatic rings. The van der Waals surface area contributed by atoms with Crippen molar-refractivity contribution in [3.05, 3.63) is 29.3 Å². The number of rotatable bonds is 3. The Morgan fingerprint density at radius 1 is 1.38 bits per heavy atom. The number of nitrogens with two attached hydrogens (primary N) is 1. The number of aliphatic hydroxyl groups is 2. The van der Waals surface area contributed by atoms with E-state index < -0.39 is 29.4 Å². The smallest absolute Gasteiger partial charge is 0.134 e. The predicted octanol–water partition coefficient (Wildman–Crippen LogP) is 0.855. The van der Waals surface area contributed by atoms with Crippen LogP contribution in [0.15, 0.2) is 12.1 Å². The van der Waals surface area contributed by atoms with Gasteiger partial charge in [-0.05, 0) is 6.07 Å². The van der Waals surface area contributed by atoms with Crippen molar-refractivity contribution in [1.82, 2.24) is 0 Å². The summed E-state index contributed by atoms with van der Waals surface area (Å²) in [6.07, 6.45) is -3.50. The lowest BCUT2D eigenvalue weighted by molar-refractivity contribution is 0.0199. The largest absolute Gasteiger partial charge is 0.398 e. The molecule has 0 spiro atoms. The van der Waals surface area contributed by atoms with Gasteiger partial charge in [-0.1, -0.05) is 0 Å². The van der Waals surface area contributed by atoms with Gasteiger partial charge in [0, 0.05) is 17.3 Å². The highest BCUT2D eigenvalue weighted by Gasteiger charge is 2.24. The second kappa shape index (κ2) is 4.88. The van der Waals surface area contributed by atoms with E-state index in [0.717, 1.165) is 6.07 Å². The average molecular weight is 228 g/mol. The maximum absolute atomic E-state index is 13.3. The van der Waals surface area contributed by atoms with Gasteiger partial charge in [0.1, 0.15) is 17.7 Å². The Labute approximate surface area is 90.5 Å². The van der Waals surface area contributed by atoms with Crippen molar-refractivity contribution in [3.63, 3.8) is 0 Å². The monoisotopic (exact) mass is 228 g/mol. The second-order valence-electron chi connectivity index (χ2n) is 3.26.